The summed E-state index contributed by atoms with van der Waals surface area (Å²) < 4.78 is 0.772. The van der Waals surface area contributed by atoms with Crippen LogP contribution in [0.5, 0.6) is 0 Å². The van der Waals surface area contributed by atoms with E-state index in [-0.39, 0.29) is 5.56 Å². The van der Waals surface area contributed by atoms with Gasteiger partial charge in [0.15, 0.2) is 0 Å². The monoisotopic (exact) mass is 225 g/mol. The highest BCUT2D eigenvalue weighted by molar-refractivity contribution is 9.10. The first kappa shape index (κ1) is 7.42. The van der Waals surface area contributed by atoms with Crippen molar-refractivity contribution in [1.29, 1.82) is 0 Å². The van der Waals surface area contributed by atoms with Crippen molar-refractivity contribution in [1.82, 2.24) is 15.0 Å². The van der Waals surface area contributed by atoms with Gasteiger partial charge in [-0.1, -0.05) is 0 Å². The lowest BCUT2D eigenvalue weighted by Gasteiger charge is -1.94. The quantitative estimate of drug-likeness (QED) is 0.731. The van der Waals surface area contributed by atoms with Crippen molar-refractivity contribution < 1.29 is 0 Å². The van der Waals surface area contributed by atoms with Crippen molar-refractivity contribution in [2.45, 2.75) is 0 Å². The summed E-state index contributed by atoms with van der Waals surface area (Å²) in [5, 5.41) is 0.492. The Kier molecular flexibility index (Phi) is 1.65. The van der Waals surface area contributed by atoms with E-state index in [4.69, 9.17) is 0 Å². The number of H-pyrrole nitrogens is 1. The Balaban J connectivity index is 2.98. The van der Waals surface area contributed by atoms with Crippen molar-refractivity contribution in [3.63, 3.8) is 0 Å². The summed E-state index contributed by atoms with van der Waals surface area (Å²) >= 11 is 3.22. The number of rotatable bonds is 0. The van der Waals surface area contributed by atoms with Gasteiger partial charge in [0.1, 0.15) is 5.65 Å². The Bertz CT molecular complexity index is 479. The van der Waals surface area contributed by atoms with Gasteiger partial charge in [-0.3, -0.25) is 4.79 Å². The van der Waals surface area contributed by atoms with Crippen molar-refractivity contribution in [2.75, 3.05) is 0 Å². The molecule has 2 aromatic rings. The molecule has 2 heterocycles. The van der Waals surface area contributed by atoms with E-state index in [1.165, 1.54) is 6.33 Å². The lowest BCUT2D eigenvalue weighted by molar-refractivity contribution is 1.14. The molecule has 4 nitrogen and oxygen atoms in total. The van der Waals surface area contributed by atoms with Crippen LogP contribution >= 0.6 is 15.9 Å². The van der Waals surface area contributed by atoms with E-state index in [0.29, 0.717) is 11.0 Å². The van der Waals surface area contributed by atoms with Gasteiger partial charge < -0.3 is 4.98 Å². The van der Waals surface area contributed by atoms with Crippen LogP contribution < -0.4 is 5.56 Å². The van der Waals surface area contributed by atoms with Crippen LogP contribution in [-0.4, -0.2) is 15.0 Å². The Labute approximate surface area is 75.8 Å². The van der Waals surface area contributed by atoms with Gasteiger partial charge in [-0.25, -0.2) is 4.98 Å². The Morgan fingerprint density at radius 1 is 1.42 bits per heavy atom. The van der Waals surface area contributed by atoms with Gasteiger partial charge in [0.05, 0.1) is 11.7 Å². The molecule has 5 heteroatoms. The van der Waals surface area contributed by atoms with E-state index in [1.807, 2.05) is 0 Å². The van der Waals surface area contributed by atoms with Crippen molar-refractivity contribution >= 4 is 27.0 Å². The highest BCUT2D eigenvalue weighted by atomic mass is 79.9. The summed E-state index contributed by atoms with van der Waals surface area (Å²) in [6.07, 6.45) is 2.96. The van der Waals surface area contributed by atoms with Crippen LogP contribution in [0.1, 0.15) is 0 Å². The zero-order valence-corrected chi connectivity index (χ0v) is 7.50. The van der Waals surface area contributed by atoms with Gasteiger partial charge in [0, 0.05) is 10.7 Å². The lowest BCUT2D eigenvalue weighted by atomic mass is 10.3. The molecule has 1 N–H and O–H groups in total. The number of fused-ring (bicyclic) bond motifs is 1. The van der Waals surface area contributed by atoms with Gasteiger partial charge in [-0.2, -0.15) is 4.98 Å². The Morgan fingerprint density at radius 2 is 2.25 bits per heavy atom. The molecule has 60 valence electrons. The van der Waals surface area contributed by atoms with Crippen LogP contribution in [0.15, 0.2) is 27.9 Å². The third-order valence-electron chi connectivity index (χ3n) is 1.47. The molecular formula is C7H4BrN3O. The highest BCUT2D eigenvalue weighted by Crippen LogP contribution is 2.10. The van der Waals surface area contributed by atoms with Gasteiger partial charge >= 0.3 is 0 Å². The fraction of sp³-hybridized carbons (Fsp3) is 0. The third-order valence-corrected chi connectivity index (χ3v) is 1.90. The molecule has 0 unspecified atom stereocenters. The molecule has 0 saturated carbocycles. The second-order valence-electron chi connectivity index (χ2n) is 2.26. The highest BCUT2D eigenvalue weighted by Gasteiger charge is 1.99. The number of aromatic amines is 1. The molecule has 2 aromatic heterocycles. The van der Waals surface area contributed by atoms with Gasteiger partial charge in [-0.15, -0.1) is 0 Å². The standard InChI is InChI=1S/C7H4BrN3O/c8-4-1-5-6(9-2-4)10-3-11-7(5)12/h1-3H,(H,9,10,11,12). The SMILES string of the molecule is O=c1nc[nH]c2ncc(Br)cc12. The van der Waals surface area contributed by atoms with E-state index in [2.05, 4.69) is 30.9 Å². The molecule has 0 aliphatic heterocycles. The van der Waals surface area contributed by atoms with Crippen molar-refractivity contribution in [3.05, 3.63) is 33.4 Å². The molecular weight excluding hydrogens is 222 g/mol. The number of aromatic nitrogens is 3. The number of hydrogen-bond donors (Lipinski definition) is 1. The number of pyridine rings is 1. The topological polar surface area (TPSA) is 58.6 Å². The average Bonchev–Trinajstić information content (AvgIpc) is 2.07. The van der Waals surface area contributed by atoms with E-state index >= 15 is 0 Å². The summed E-state index contributed by atoms with van der Waals surface area (Å²) in [5.74, 6) is 0. The molecule has 0 fully saturated rings. The molecule has 0 spiro atoms. The normalized spacial score (nSPS) is 10.4. The van der Waals surface area contributed by atoms with Gasteiger partial charge in [-0.05, 0) is 22.0 Å². The van der Waals surface area contributed by atoms with Crippen LogP contribution in [0.3, 0.4) is 0 Å². The van der Waals surface area contributed by atoms with E-state index in [1.54, 1.807) is 12.3 Å². The summed E-state index contributed by atoms with van der Waals surface area (Å²) in [5.41, 5.74) is 0.288. The van der Waals surface area contributed by atoms with E-state index < -0.39 is 0 Å². The maximum absolute atomic E-state index is 11.1. The number of nitrogens with zero attached hydrogens (tertiary/aromatic N) is 2. The summed E-state index contributed by atoms with van der Waals surface area (Å²) in [7, 11) is 0. The first-order valence-corrected chi connectivity index (χ1v) is 4.05. The second-order valence-corrected chi connectivity index (χ2v) is 3.17. The molecule has 0 aliphatic carbocycles. The maximum Gasteiger partial charge on any atom is 0.282 e. The minimum absolute atomic E-state index is 0.266. The molecule has 0 atom stereocenters. The predicted octanol–water partition coefficient (Wildman–Crippen LogP) is 1.08. The molecule has 0 saturated heterocycles. The zero-order chi connectivity index (χ0) is 8.55. The van der Waals surface area contributed by atoms with Gasteiger partial charge in [0.25, 0.3) is 5.56 Å². The molecule has 0 radical (unpaired) electrons. The molecule has 12 heavy (non-hydrogen) atoms. The van der Waals surface area contributed by atoms with Crippen molar-refractivity contribution in [2.24, 2.45) is 0 Å². The minimum Gasteiger partial charge on any atom is -0.330 e. The van der Waals surface area contributed by atoms with Crippen LogP contribution in [-0.2, 0) is 0 Å². The second kappa shape index (κ2) is 2.67. The number of halogens is 1. The number of nitrogens with one attached hydrogen (secondary N) is 1. The molecule has 0 aliphatic rings. The predicted molar refractivity (Wildman–Crippen MR) is 47.9 cm³/mol. The van der Waals surface area contributed by atoms with Crippen LogP contribution in [0.2, 0.25) is 0 Å². The lowest BCUT2D eigenvalue weighted by Crippen LogP contribution is -2.06. The molecule has 2 rings (SSSR count). The average molecular weight is 226 g/mol. The van der Waals surface area contributed by atoms with E-state index in [0.717, 1.165) is 4.47 Å². The third kappa shape index (κ3) is 1.12. The first-order valence-electron chi connectivity index (χ1n) is 3.26. The fourth-order valence-corrected chi connectivity index (χ4v) is 1.27. The molecule has 0 bridgehead atoms. The van der Waals surface area contributed by atoms with Crippen LogP contribution in [0, 0.1) is 0 Å². The zero-order valence-electron chi connectivity index (χ0n) is 5.91. The smallest absolute Gasteiger partial charge is 0.282 e. The van der Waals surface area contributed by atoms with Gasteiger partial charge in [0.2, 0.25) is 0 Å². The summed E-state index contributed by atoms with van der Waals surface area (Å²) in [6, 6.07) is 1.69. The Morgan fingerprint density at radius 3 is 3.08 bits per heavy atom. The fourth-order valence-electron chi connectivity index (χ4n) is 0.939. The number of hydrogen-bond acceptors (Lipinski definition) is 3. The summed E-state index contributed by atoms with van der Waals surface area (Å²) in [4.78, 5) is 21.5. The van der Waals surface area contributed by atoms with Crippen LogP contribution in [0.4, 0.5) is 0 Å². The largest absolute Gasteiger partial charge is 0.330 e. The summed E-state index contributed by atoms with van der Waals surface area (Å²) in [6.45, 7) is 0. The Hall–Kier alpha value is -1.23. The maximum atomic E-state index is 11.1. The van der Waals surface area contributed by atoms with E-state index in [9.17, 15) is 4.79 Å². The molecule has 0 aromatic carbocycles. The minimum atomic E-state index is -0.266. The first-order chi connectivity index (χ1) is 5.77. The van der Waals surface area contributed by atoms with Crippen molar-refractivity contribution in [3.8, 4) is 0 Å². The molecule has 0 amide bonds. The van der Waals surface area contributed by atoms with Crippen LogP contribution in [0.25, 0.3) is 11.0 Å².